The molecular weight excluding hydrogens is 640 g/mol. The van der Waals surface area contributed by atoms with E-state index in [2.05, 4.69) is 72.4 Å². The van der Waals surface area contributed by atoms with Gasteiger partial charge in [-0.1, -0.05) is 48.5 Å². The van der Waals surface area contributed by atoms with Gasteiger partial charge in [0, 0.05) is 31.0 Å². The van der Waals surface area contributed by atoms with Gasteiger partial charge < -0.3 is 19.6 Å². The summed E-state index contributed by atoms with van der Waals surface area (Å²) in [4.78, 5) is 58.2. The molecule has 0 spiro atoms. The first-order valence-electron chi connectivity index (χ1n) is 20.2. The van der Waals surface area contributed by atoms with Crippen molar-refractivity contribution in [2.24, 2.45) is 56.2 Å². The summed E-state index contributed by atoms with van der Waals surface area (Å²) in [5.74, 6) is 0.217. The lowest BCUT2D eigenvalue weighted by Crippen LogP contribution is -2.66. The molecule has 1 N–H and O–H groups in total. The van der Waals surface area contributed by atoms with Crippen LogP contribution in [0.25, 0.3) is 0 Å². The predicted molar refractivity (Wildman–Crippen MR) is 199 cm³/mol. The molecule has 8 nitrogen and oxygen atoms in total. The van der Waals surface area contributed by atoms with Crippen LogP contribution in [0.2, 0.25) is 0 Å². The number of hydrogen-bond acceptors (Lipinski definition) is 6. The van der Waals surface area contributed by atoms with Gasteiger partial charge in [0.2, 0.25) is 5.91 Å². The van der Waals surface area contributed by atoms with E-state index in [9.17, 15) is 24.3 Å². The minimum Gasteiger partial charge on any atom is -0.481 e. The van der Waals surface area contributed by atoms with Crippen LogP contribution in [-0.2, 0) is 23.9 Å². The van der Waals surface area contributed by atoms with Crippen LogP contribution in [0.4, 0.5) is 0 Å². The second-order valence-electron chi connectivity index (χ2n) is 20.5. The molecule has 5 fully saturated rings. The number of allylic oxidation sites excluding steroid dienone is 1. The number of esters is 1. The van der Waals surface area contributed by atoms with Gasteiger partial charge in [0.05, 0.1) is 17.3 Å². The van der Waals surface area contributed by atoms with Crippen molar-refractivity contribution in [3.63, 3.8) is 0 Å². The Balaban J connectivity index is 1.29. The van der Waals surface area contributed by atoms with Crippen LogP contribution in [0, 0.1) is 56.2 Å². The van der Waals surface area contributed by atoms with E-state index >= 15 is 0 Å². The van der Waals surface area contributed by atoms with Crippen molar-refractivity contribution in [3.8, 4) is 0 Å². The number of carbonyl (C=O) groups excluding carboxylic acids is 3. The zero-order chi connectivity index (χ0) is 37.7. The number of hydrogen-bond donors (Lipinski definition) is 1. The fourth-order valence-corrected chi connectivity index (χ4v) is 13.6. The number of ketones is 1. The highest BCUT2D eigenvalue weighted by atomic mass is 16.5. The molecule has 8 atom stereocenters. The number of Topliss-reactive ketones (excluding diaryl/α,β-unsaturated/α-hetero) is 1. The molecule has 0 aromatic rings. The van der Waals surface area contributed by atoms with Gasteiger partial charge in [-0.2, -0.15) is 0 Å². The molecule has 0 unspecified atom stereocenters. The van der Waals surface area contributed by atoms with Crippen LogP contribution in [-0.4, -0.2) is 77.9 Å². The minimum atomic E-state index is -1.16. The number of fused-ring (bicyclic) bond motifs is 7. The first-order valence-corrected chi connectivity index (χ1v) is 20.2. The van der Waals surface area contributed by atoms with Crippen LogP contribution in [0.5, 0.6) is 0 Å². The van der Waals surface area contributed by atoms with Crippen molar-refractivity contribution in [1.82, 2.24) is 9.80 Å². The monoisotopic (exact) mass is 709 g/mol. The number of amides is 1. The van der Waals surface area contributed by atoms with Crippen molar-refractivity contribution < 1.29 is 29.0 Å². The summed E-state index contributed by atoms with van der Waals surface area (Å²) in [6, 6.07) is 0.496. The fraction of sp³-hybridized carbons (Fsp3) is 0.860. The number of carboxylic acids is 1. The number of likely N-dealkylation sites (tertiary alicyclic amines) is 1. The number of rotatable bonds is 7. The standard InChI is InChI=1S/C43H68N2O6/c1-26(2)34-29(46)24-43(36(48)45-22-16-27(17-23-45)44(10)11)21-20-41(8)28(35(34)43)12-13-31-40(7)18-15-32(51-33(47)25-38(3,4)37(49)50)39(5,6)30(40)14-19-42(31,41)9/h26-28,30-32H,12-25H2,1-11H3,(H,49,50)/t28-,30+,31-,32+,40+,41-,42-,43-/m1/s1. The van der Waals surface area contributed by atoms with Crippen LogP contribution < -0.4 is 0 Å². The first kappa shape index (κ1) is 38.5. The molecule has 0 radical (unpaired) electrons. The SMILES string of the molecule is CC(C)C1=C2[C@H]3CC[C@@H]4[C@@]5(C)CC[C@H](OC(=O)CC(C)(C)C(=O)O)C(C)(C)[C@@H]5CC[C@@]4(C)[C@]3(C)CC[C@@]2(C(=O)N2CCC(N(C)C)CC2)CC1=O. The molecule has 1 heterocycles. The second kappa shape index (κ2) is 12.7. The van der Waals surface area contributed by atoms with E-state index in [1.54, 1.807) is 13.8 Å². The number of carbonyl (C=O) groups is 4. The van der Waals surface area contributed by atoms with Gasteiger partial charge in [0.15, 0.2) is 5.78 Å². The molecule has 1 aliphatic heterocycles. The molecule has 286 valence electrons. The zero-order valence-electron chi connectivity index (χ0n) is 33.7. The number of aliphatic carboxylic acids is 1. The van der Waals surface area contributed by atoms with Crippen molar-refractivity contribution in [2.45, 2.75) is 152 Å². The highest BCUT2D eigenvalue weighted by Crippen LogP contribution is 2.77. The van der Waals surface area contributed by atoms with Crippen LogP contribution >= 0.6 is 0 Å². The Morgan fingerprint density at radius 3 is 2.12 bits per heavy atom. The summed E-state index contributed by atoms with van der Waals surface area (Å²) in [7, 11) is 4.26. The van der Waals surface area contributed by atoms with E-state index in [1.165, 1.54) is 5.57 Å². The number of piperidine rings is 1. The molecule has 8 heteroatoms. The lowest BCUT2D eigenvalue weighted by Gasteiger charge is -2.72. The zero-order valence-corrected chi connectivity index (χ0v) is 33.7. The third kappa shape index (κ3) is 5.68. The molecule has 4 saturated carbocycles. The third-order valence-corrected chi connectivity index (χ3v) is 16.7. The maximum absolute atomic E-state index is 14.9. The normalized spacial score (nSPS) is 39.7. The second-order valence-corrected chi connectivity index (χ2v) is 20.5. The number of ether oxygens (including phenoxy) is 1. The summed E-state index contributed by atoms with van der Waals surface area (Å²) < 4.78 is 6.17. The van der Waals surface area contributed by atoms with Crippen LogP contribution in [0.15, 0.2) is 11.1 Å². The molecule has 1 saturated heterocycles. The molecule has 0 aromatic heterocycles. The lowest BCUT2D eigenvalue weighted by molar-refractivity contribution is -0.233. The number of carboxylic acid groups (broad SMARTS) is 1. The Hall–Kier alpha value is -2.22. The van der Waals surface area contributed by atoms with E-state index in [0.717, 1.165) is 82.9 Å². The highest BCUT2D eigenvalue weighted by Gasteiger charge is 2.71. The Kier molecular flexibility index (Phi) is 9.58. The van der Waals surface area contributed by atoms with Gasteiger partial charge >= 0.3 is 11.9 Å². The first-order chi connectivity index (χ1) is 23.6. The smallest absolute Gasteiger partial charge is 0.309 e. The lowest BCUT2D eigenvalue weighted by atomic mass is 9.33. The van der Waals surface area contributed by atoms with Crippen LogP contribution in [0.1, 0.15) is 139 Å². The van der Waals surface area contributed by atoms with E-state index in [4.69, 9.17) is 4.74 Å². The van der Waals surface area contributed by atoms with Gasteiger partial charge in [0.1, 0.15) is 6.10 Å². The molecule has 5 aliphatic carbocycles. The average Bonchev–Trinajstić information content (AvgIpc) is 3.35. The van der Waals surface area contributed by atoms with Gasteiger partial charge in [-0.25, -0.2) is 0 Å². The molecule has 0 aromatic carbocycles. The summed E-state index contributed by atoms with van der Waals surface area (Å²) in [6.45, 7) is 21.2. The minimum absolute atomic E-state index is 0.0262. The Bertz CT molecular complexity index is 1490. The van der Waals surface area contributed by atoms with Gasteiger partial charge in [-0.05, 0) is 143 Å². The topological polar surface area (TPSA) is 104 Å². The Morgan fingerprint density at radius 1 is 0.882 bits per heavy atom. The van der Waals surface area contributed by atoms with Crippen molar-refractivity contribution in [1.29, 1.82) is 0 Å². The average molecular weight is 709 g/mol. The molecular formula is C43H68N2O6. The van der Waals surface area contributed by atoms with Crippen LogP contribution in [0.3, 0.4) is 0 Å². The third-order valence-electron chi connectivity index (χ3n) is 16.7. The summed E-state index contributed by atoms with van der Waals surface area (Å²) >= 11 is 0. The Morgan fingerprint density at radius 2 is 1.53 bits per heavy atom. The molecule has 51 heavy (non-hydrogen) atoms. The highest BCUT2D eigenvalue weighted by molar-refractivity contribution is 6.07. The molecule has 0 bridgehead atoms. The Labute approximate surface area is 307 Å². The van der Waals surface area contributed by atoms with Crippen molar-refractivity contribution in [2.75, 3.05) is 27.2 Å². The van der Waals surface area contributed by atoms with Gasteiger partial charge in [-0.15, -0.1) is 0 Å². The molecule has 1 amide bonds. The summed E-state index contributed by atoms with van der Waals surface area (Å²) in [5.41, 5.74) is 0.209. The van der Waals surface area contributed by atoms with Crippen molar-refractivity contribution in [3.05, 3.63) is 11.1 Å². The van der Waals surface area contributed by atoms with E-state index in [0.29, 0.717) is 24.3 Å². The maximum atomic E-state index is 14.9. The largest absolute Gasteiger partial charge is 0.481 e. The van der Waals surface area contributed by atoms with Gasteiger partial charge in [-0.3, -0.25) is 19.2 Å². The summed E-state index contributed by atoms with van der Waals surface area (Å²) in [6.07, 6.45) is 9.67. The fourth-order valence-electron chi connectivity index (χ4n) is 13.6. The molecule has 6 rings (SSSR count). The quantitative estimate of drug-likeness (QED) is 0.268. The number of nitrogens with zero attached hydrogens (tertiary/aromatic N) is 2. The maximum Gasteiger partial charge on any atom is 0.309 e. The summed E-state index contributed by atoms with van der Waals surface area (Å²) in [5, 5.41) is 9.61. The van der Waals surface area contributed by atoms with Crippen molar-refractivity contribution >= 4 is 23.6 Å². The van der Waals surface area contributed by atoms with Gasteiger partial charge in [0.25, 0.3) is 0 Å². The van der Waals surface area contributed by atoms with E-state index in [1.807, 2.05) is 0 Å². The molecule has 6 aliphatic rings. The predicted octanol–water partition coefficient (Wildman–Crippen LogP) is 7.93. The van der Waals surface area contributed by atoms with E-state index < -0.39 is 22.8 Å². The van der Waals surface area contributed by atoms with E-state index in [-0.39, 0.29) is 57.7 Å².